The second-order valence-corrected chi connectivity index (χ2v) is 6.10. The molecule has 6 nitrogen and oxygen atoms in total. The molecule has 0 atom stereocenters. The standard InChI is InChI=1S/C13H14N6S/c14-13-17-9-5-10(8-3-4-16-19-8)20-11(9)12(18-13)15-6-7-1-2-7/h3-5,7H,1-2,6H2,(H,16,19)(H3,14,15,17,18). The summed E-state index contributed by atoms with van der Waals surface area (Å²) in [5, 5.41) is 10.4. The van der Waals surface area contributed by atoms with Gasteiger partial charge < -0.3 is 11.1 Å². The van der Waals surface area contributed by atoms with Crippen molar-refractivity contribution in [3.63, 3.8) is 0 Å². The van der Waals surface area contributed by atoms with Crippen LogP contribution in [0.25, 0.3) is 20.8 Å². The Labute approximate surface area is 119 Å². The number of hydrogen-bond donors (Lipinski definition) is 3. The molecule has 1 aliphatic carbocycles. The maximum absolute atomic E-state index is 5.80. The molecule has 0 saturated heterocycles. The van der Waals surface area contributed by atoms with Crippen molar-refractivity contribution in [2.24, 2.45) is 5.92 Å². The van der Waals surface area contributed by atoms with Crippen molar-refractivity contribution in [2.75, 3.05) is 17.6 Å². The maximum Gasteiger partial charge on any atom is 0.222 e. The molecule has 3 aromatic rings. The van der Waals surface area contributed by atoms with Gasteiger partial charge in [-0.25, -0.2) is 4.98 Å². The third-order valence-corrected chi connectivity index (χ3v) is 4.57. The first-order valence-electron chi connectivity index (χ1n) is 6.60. The minimum absolute atomic E-state index is 0.310. The van der Waals surface area contributed by atoms with E-state index in [2.05, 4.69) is 25.5 Å². The minimum atomic E-state index is 0.310. The fraction of sp³-hybridized carbons (Fsp3) is 0.308. The van der Waals surface area contributed by atoms with E-state index in [1.54, 1.807) is 17.5 Å². The van der Waals surface area contributed by atoms with Gasteiger partial charge in [0.1, 0.15) is 5.82 Å². The first-order valence-corrected chi connectivity index (χ1v) is 7.42. The molecule has 3 heterocycles. The van der Waals surface area contributed by atoms with E-state index in [0.29, 0.717) is 5.95 Å². The Morgan fingerprint density at radius 1 is 1.40 bits per heavy atom. The fourth-order valence-electron chi connectivity index (χ4n) is 2.16. The molecular formula is C13H14N6S. The highest BCUT2D eigenvalue weighted by Crippen LogP contribution is 2.36. The van der Waals surface area contributed by atoms with E-state index >= 15 is 0 Å². The summed E-state index contributed by atoms with van der Waals surface area (Å²) in [5.74, 6) is 1.94. The highest BCUT2D eigenvalue weighted by Gasteiger charge is 2.21. The lowest BCUT2D eigenvalue weighted by molar-refractivity contribution is 0.884. The number of anilines is 2. The first-order chi connectivity index (χ1) is 9.79. The van der Waals surface area contributed by atoms with Crippen molar-refractivity contribution in [1.82, 2.24) is 20.2 Å². The third-order valence-electron chi connectivity index (χ3n) is 3.41. The highest BCUT2D eigenvalue weighted by molar-refractivity contribution is 7.22. The number of nitrogens with zero attached hydrogens (tertiary/aromatic N) is 3. The van der Waals surface area contributed by atoms with Gasteiger partial charge in [0.15, 0.2) is 0 Å². The summed E-state index contributed by atoms with van der Waals surface area (Å²) >= 11 is 1.65. The number of H-pyrrole nitrogens is 1. The van der Waals surface area contributed by atoms with Crippen molar-refractivity contribution in [2.45, 2.75) is 12.8 Å². The van der Waals surface area contributed by atoms with Crippen LogP contribution in [0, 0.1) is 5.92 Å². The highest BCUT2D eigenvalue weighted by atomic mass is 32.1. The molecule has 0 unspecified atom stereocenters. The Bertz CT molecular complexity index is 744. The zero-order chi connectivity index (χ0) is 13.5. The van der Waals surface area contributed by atoms with Crippen molar-refractivity contribution in [1.29, 1.82) is 0 Å². The molecule has 102 valence electrons. The Kier molecular flexibility index (Phi) is 2.59. The molecule has 0 aromatic carbocycles. The smallest absolute Gasteiger partial charge is 0.222 e. The molecule has 7 heteroatoms. The van der Waals surface area contributed by atoms with Crippen molar-refractivity contribution in [3.05, 3.63) is 18.3 Å². The second kappa shape index (κ2) is 4.45. The average molecular weight is 286 g/mol. The number of aromatic nitrogens is 4. The molecule has 0 bridgehead atoms. The lowest BCUT2D eigenvalue weighted by atomic mass is 10.3. The summed E-state index contributed by atoms with van der Waals surface area (Å²) in [6.07, 6.45) is 4.35. The van der Waals surface area contributed by atoms with E-state index < -0.39 is 0 Å². The molecular weight excluding hydrogens is 272 g/mol. The Morgan fingerprint density at radius 2 is 2.30 bits per heavy atom. The molecule has 4 rings (SSSR count). The number of thiophene rings is 1. The lowest BCUT2D eigenvalue weighted by Gasteiger charge is -2.05. The van der Waals surface area contributed by atoms with Gasteiger partial charge in [-0.2, -0.15) is 10.1 Å². The van der Waals surface area contributed by atoms with Crippen LogP contribution in [0.1, 0.15) is 12.8 Å². The van der Waals surface area contributed by atoms with Crippen LogP contribution < -0.4 is 11.1 Å². The summed E-state index contributed by atoms with van der Waals surface area (Å²) in [5.41, 5.74) is 7.66. The number of rotatable bonds is 4. The summed E-state index contributed by atoms with van der Waals surface area (Å²) in [6.45, 7) is 0.961. The van der Waals surface area contributed by atoms with E-state index in [-0.39, 0.29) is 0 Å². The minimum Gasteiger partial charge on any atom is -0.368 e. The summed E-state index contributed by atoms with van der Waals surface area (Å²) in [4.78, 5) is 9.74. The van der Waals surface area contributed by atoms with E-state index in [4.69, 9.17) is 5.73 Å². The number of hydrogen-bond acceptors (Lipinski definition) is 6. The van der Waals surface area contributed by atoms with Gasteiger partial charge in [0.05, 0.1) is 20.8 Å². The van der Waals surface area contributed by atoms with Gasteiger partial charge in [0, 0.05) is 12.7 Å². The number of nitrogens with two attached hydrogens (primary N) is 1. The Hall–Kier alpha value is -2.15. The van der Waals surface area contributed by atoms with Crippen LogP contribution in [0.15, 0.2) is 18.3 Å². The van der Waals surface area contributed by atoms with Crippen LogP contribution in [0.5, 0.6) is 0 Å². The van der Waals surface area contributed by atoms with Crippen molar-refractivity contribution in [3.8, 4) is 10.6 Å². The Balaban J connectivity index is 1.76. The molecule has 20 heavy (non-hydrogen) atoms. The molecule has 0 amide bonds. The van der Waals surface area contributed by atoms with Gasteiger partial charge in [0.25, 0.3) is 0 Å². The van der Waals surface area contributed by atoms with Gasteiger partial charge >= 0.3 is 0 Å². The average Bonchev–Trinajstić information content (AvgIpc) is 2.93. The number of aromatic amines is 1. The van der Waals surface area contributed by atoms with Crippen LogP contribution in [0.2, 0.25) is 0 Å². The molecule has 1 saturated carbocycles. The van der Waals surface area contributed by atoms with Crippen LogP contribution in [-0.2, 0) is 0 Å². The summed E-state index contributed by atoms with van der Waals surface area (Å²) in [7, 11) is 0. The van der Waals surface area contributed by atoms with Gasteiger partial charge in [-0.1, -0.05) is 0 Å². The number of nitrogen functional groups attached to an aromatic ring is 1. The van der Waals surface area contributed by atoms with E-state index in [1.807, 2.05) is 12.1 Å². The normalized spacial score (nSPS) is 14.8. The van der Waals surface area contributed by atoms with Crippen LogP contribution in [0.4, 0.5) is 11.8 Å². The molecule has 3 aromatic heterocycles. The molecule has 1 fully saturated rings. The zero-order valence-electron chi connectivity index (χ0n) is 10.8. The SMILES string of the molecule is Nc1nc(NCC2CC2)c2sc(-c3ccn[nH]3)cc2n1. The summed E-state index contributed by atoms with van der Waals surface area (Å²) < 4.78 is 1.05. The van der Waals surface area contributed by atoms with Gasteiger partial charge in [-0.3, -0.25) is 5.10 Å². The fourth-order valence-corrected chi connectivity index (χ4v) is 3.19. The molecule has 4 N–H and O–H groups in total. The van der Waals surface area contributed by atoms with Crippen LogP contribution >= 0.6 is 11.3 Å². The van der Waals surface area contributed by atoms with Crippen LogP contribution in [0.3, 0.4) is 0 Å². The summed E-state index contributed by atoms with van der Waals surface area (Å²) in [6, 6.07) is 3.96. The number of nitrogens with one attached hydrogen (secondary N) is 2. The first kappa shape index (κ1) is 11.7. The predicted octanol–water partition coefficient (Wildman–Crippen LogP) is 2.49. The monoisotopic (exact) mass is 286 g/mol. The topological polar surface area (TPSA) is 92.5 Å². The van der Waals surface area contributed by atoms with Crippen LogP contribution in [-0.4, -0.2) is 26.7 Å². The zero-order valence-corrected chi connectivity index (χ0v) is 11.6. The lowest BCUT2D eigenvalue weighted by Crippen LogP contribution is -2.07. The van der Waals surface area contributed by atoms with Crippen molar-refractivity contribution < 1.29 is 0 Å². The molecule has 0 spiro atoms. The quantitative estimate of drug-likeness (QED) is 0.685. The van der Waals surface area contributed by atoms with Gasteiger partial charge in [-0.15, -0.1) is 11.3 Å². The van der Waals surface area contributed by atoms with E-state index in [0.717, 1.165) is 39.1 Å². The van der Waals surface area contributed by atoms with Crippen molar-refractivity contribution >= 4 is 33.3 Å². The second-order valence-electron chi connectivity index (χ2n) is 5.05. The maximum atomic E-state index is 5.80. The molecule has 0 aliphatic heterocycles. The number of fused-ring (bicyclic) bond motifs is 1. The van der Waals surface area contributed by atoms with E-state index in [1.165, 1.54) is 12.8 Å². The largest absolute Gasteiger partial charge is 0.368 e. The Morgan fingerprint density at radius 3 is 3.05 bits per heavy atom. The van der Waals surface area contributed by atoms with Gasteiger partial charge in [-0.05, 0) is 30.9 Å². The molecule has 1 aliphatic rings. The molecule has 0 radical (unpaired) electrons. The van der Waals surface area contributed by atoms with E-state index in [9.17, 15) is 0 Å². The third kappa shape index (κ3) is 2.09. The van der Waals surface area contributed by atoms with Gasteiger partial charge in [0.2, 0.25) is 5.95 Å². The predicted molar refractivity (Wildman–Crippen MR) is 80.6 cm³/mol.